The Morgan fingerprint density at radius 2 is 0.505 bits per heavy atom. The molecule has 0 rings (SSSR count). The summed E-state index contributed by atoms with van der Waals surface area (Å²) < 4.78 is 68.5. The van der Waals surface area contributed by atoms with Crippen molar-refractivity contribution in [1.82, 2.24) is 0 Å². The summed E-state index contributed by atoms with van der Waals surface area (Å²) in [5.74, 6) is 0.920. The summed E-state index contributed by atoms with van der Waals surface area (Å²) in [4.78, 5) is 72.8. The van der Waals surface area contributed by atoms with E-state index in [9.17, 15) is 43.2 Å². The first-order valence-corrected chi connectivity index (χ1v) is 42.2. The van der Waals surface area contributed by atoms with Gasteiger partial charge in [-0.15, -0.1) is 0 Å². The van der Waals surface area contributed by atoms with Crippen molar-refractivity contribution in [3.05, 3.63) is 0 Å². The first-order valence-electron chi connectivity index (χ1n) is 39.2. The fourth-order valence-corrected chi connectivity index (χ4v) is 13.1. The predicted octanol–water partition coefficient (Wildman–Crippen LogP) is 22.0. The SMILES string of the molecule is CCC(C)CCCCCCCCC(=O)OC[C@H](COP(=O)(O)OC[C@H](O)COP(=O)(O)OC[C@@H](COC(=O)CCCCCCCCCCCCCCCC(C)C)OC(=O)CCCCCCCCCCC(C)C)OC(=O)CCCCCCCCCCCCCCCCCC(C)C. The monoisotopic (exact) mass is 1400 g/mol. The second-order valence-corrected chi connectivity index (χ2v) is 32.0. The highest BCUT2D eigenvalue weighted by Gasteiger charge is 2.30. The van der Waals surface area contributed by atoms with E-state index in [0.29, 0.717) is 25.7 Å². The van der Waals surface area contributed by atoms with Crippen LogP contribution in [0.2, 0.25) is 0 Å². The van der Waals surface area contributed by atoms with Crippen LogP contribution in [0.15, 0.2) is 0 Å². The van der Waals surface area contributed by atoms with E-state index in [-0.39, 0.29) is 25.7 Å². The molecule has 0 aliphatic rings. The van der Waals surface area contributed by atoms with Crippen LogP contribution >= 0.6 is 15.6 Å². The van der Waals surface area contributed by atoms with Gasteiger partial charge in [-0.1, -0.05) is 331 Å². The van der Waals surface area contributed by atoms with Gasteiger partial charge in [-0.25, -0.2) is 9.13 Å². The number of unbranched alkanes of at least 4 members (excludes halogenated alkanes) is 38. The van der Waals surface area contributed by atoms with E-state index in [1.165, 1.54) is 180 Å². The molecule has 95 heavy (non-hydrogen) atoms. The van der Waals surface area contributed by atoms with Crippen molar-refractivity contribution in [3.8, 4) is 0 Å². The van der Waals surface area contributed by atoms with Crippen molar-refractivity contribution in [2.24, 2.45) is 23.7 Å². The Morgan fingerprint density at radius 1 is 0.295 bits per heavy atom. The zero-order valence-electron chi connectivity index (χ0n) is 62.3. The van der Waals surface area contributed by atoms with Crippen LogP contribution < -0.4 is 0 Å². The van der Waals surface area contributed by atoms with Gasteiger partial charge in [0.25, 0.3) is 0 Å². The number of hydrogen-bond acceptors (Lipinski definition) is 15. The maximum Gasteiger partial charge on any atom is 0.472 e. The standard InChI is InChI=1S/C76H148O17P2/c1-9-69(8)55-47-39-34-35-41-49-57-74(79)87-63-72(92-75(80)58-50-42-32-25-21-16-12-10-11-14-18-22-28-36-44-52-66(2)3)65-91-95(84,85)89-61-70(77)60-88-94(82,83)90-64-71(93-76(81)59-51-43-33-27-26-30-38-46-54-68(6)7)62-86-73(78)56-48-40-31-24-20-17-13-15-19-23-29-37-45-53-67(4)5/h66-72,77H,9-65H2,1-8H3,(H,82,83)(H,84,85)/t69?,70-,71-,72-/m1/s1. The molecule has 0 heterocycles. The summed E-state index contributed by atoms with van der Waals surface area (Å²) in [7, 11) is -9.91. The van der Waals surface area contributed by atoms with E-state index in [0.717, 1.165) is 120 Å². The number of ether oxygens (including phenoxy) is 4. The van der Waals surface area contributed by atoms with Crippen LogP contribution in [0.1, 0.15) is 383 Å². The Kier molecular flexibility index (Phi) is 64.0. The number of hydrogen-bond donors (Lipinski definition) is 3. The van der Waals surface area contributed by atoms with Crippen molar-refractivity contribution in [1.29, 1.82) is 0 Å². The maximum absolute atomic E-state index is 13.1. The lowest BCUT2D eigenvalue weighted by Gasteiger charge is -2.21. The molecule has 6 atom stereocenters. The minimum atomic E-state index is -4.96. The number of rotatable bonds is 73. The third-order valence-corrected chi connectivity index (χ3v) is 19.8. The summed E-state index contributed by atoms with van der Waals surface area (Å²) in [6.45, 7) is 14.2. The maximum atomic E-state index is 13.1. The highest BCUT2D eigenvalue weighted by atomic mass is 31.2. The molecular formula is C76H148O17P2. The molecule has 0 aromatic carbocycles. The van der Waals surface area contributed by atoms with Gasteiger partial charge in [-0.05, 0) is 49.4 Å². The van der Waals surface area contributed by atoms with E-state index in [2.05, 4.69) is 55.4 Å². The van der Waals surface area contributed by atoms with E-state index >= 15 is 0 Å². The smallest absolute Gasteiger partial charge is 0.462 e. The minimum absolute atomic E-state index is 0.104. The number of aliphatic hydroxyl groups excluding tert-OH is 1. The molecule has 0 aromatic rings. The molecule has 3 unspecified atom stereocenters. The van der Waals surface area contributed by atoms with Crippen LogP contribution in [0.3, 0.4) is 0 Å². The normalized spacial score (nSPS) is 14.4. The summed E-state index contributed by atoms with van der Waals surface area (Å²) >= 11 is 0. The Morgan fingerprint density at radius 3 is 0.747 bits per heavy atom. The van der Waals surface area contributed by atoms with Gasteiger partial charge < -0.3 is 33.8 Å². The topological polar surface area (TPSA) is 237 Å². The molecule has 19 heteroatoms. The molecule has 3 N–H and O–H groups in total. The van der Waals surface area contributed by atoms with Gasteiger partial charge in [-0.2, -0.15) is 0 Å². The number of aliphatic hydroxyl groups is 1. The van der Waals surface area contributed by atoms with Crippen molar-refractivity contribution in [3.63, 3.8) is 0 Å². The first kappa shape index (κ1) is 93.1. The summed E-state index contributed by atoms with van der Waals surface area (Å²) in [5, 5.41) is 10.6. The lowest BCUT2D eigenvalue weighted by atomic mass is 10.00. The van der Waals surface area contributed by atoms with Crippen LogP contribution in [0.4, 0.5) is 0 Å². The third-order valence-electron chi connectivity index (χ3n) is 17.9. The first-order chi connectivity index (χ1) is 45.6. The van der Waals surface area contributed by atoms with Crippen LogP contribution in [0.5, 0.6) is 0 Å². The highest BCUT2D eigenvalue weighted by Crippen LogP contribution is 2.45. The fourth-order valence-electron chi connectivity index (χ4n) is 11.5. The van der Waals surface area contributed by atoms with Gasteiger partial charge in [-0.3, -0.25) is 37.3 Å². The minimum Gasteiger partial charge on any atom is -0.462 e. The molecule has 0 saturated heterocycles. The molecule has 0 fully saturated rings. The quantitative estimate of drug-likeness (QED) is 0.0222. The van der Waals surface area contributed by atoms with Crippen LogP contribution in [-0.2, 0) is 65.4 Å². The van der Waals surface area contributed by atoms with E-state index in [1.54, 1.807) is 0 Å². The number of phosphoric acid groups is 2. The molecule has 0 aromatic heterocycles. The summed E-state index contributed by atoms with van der Waals surface area (Å²) in [6, 6.07) is 0. The molecule has 0 amide bonds. The zero-order chi connectivity index (χ0) is 70.3. The van der Waals surface area contributed by atoms with Crippen LogP contribution in [0.25, 0.3) is 0 Å². The van der Waals surface area contributed by atoms with Crippen molar-refractivity contribution in [2.45, 2.75) is 401 Å². The number of carbonyl (C=O) groups excluding carboxylic acids is 4. The van der Waals surface area contributed by atoms with Crippen molar-refractivity contribution < 1.29 is 80.2 Å². The molecule has 0 spiro atoms. The fraction of sp³-hybridized carbons (Fsp3) is 0.947. The predicted molar refractivity (Wildman–Crippen MR) is 386 cm³/mol. The second kappa shape index (κ2) is 65.4. The Balaban J connectivity index is 5.21. The van der Waals surface area contributed by atoms with Gasteiger partial charge in [0.1, 0.15) is 19.3 Å². The van der Waals surface area contributed by atoms with Crippen molar-refractivity contribution in [2.75, 3.05) is 39.6 Å². The average Bonchev–Trinajstić information content (AvgIpc) is 2.14. The highest BCUT2D eigenvalue weighted by molar-refractivity contribution is 7.47. The van der Waals surface area contributed by atoms with E-state index in [4.69, 9.17) is 37.0 Å². The average molecular weight is 1400 g/mol. The molecule has 0 bridgehead atoms. The van der Waals surface area contributed by atoms with Crippen LogP contribution in [0, 0.1) is 23.7 Å². The van der Waals surface area contributed by atoms with Gasteiger partial charge in [0.2, 0.25) is 0 Å². The van der Waals surface area contributed by atoms with Crippen molar-refractivity contribution >= 4 is 39.5 Å². The number of esters is 4. The number of carbonyl (C=O) groups is 4. The molecule has 0 aliphatic carbocycles. The van der Waals surface area contributed by atoms with E-state index in [1.807, 2.05) is 0 Å². The van der Waals surface area contributed by atoms with E-state index < -0.39 is 97.5 Å². The lowest BCUT2D eigenvalue weighted by Crippen LogP contribution is -2.30. The largest absolute Gasteiger partial charge is 0.472 e. The van der Waals surface area contributed by atoms with Gasteiger partial charge in [0.05, 0.1) is 26.4 Å². The Bertz CT molecular complexity index is 1870. The second-order valence-electron chi connectivity index (χ2n) is 29.1. The molecular weight excluding hydrogens is 1250 g/mol. The zero-order valence-corrected chi connectivity index (χ0v) is 64.1. The molecule has 17 nitrogen and oxygen atoms in total. The lowest BCUT2D eigenvalue weighted by molar-refractivity contribution is -0.161. The number of phosphoric ester groups is 2. The Labute approximate surface area is 581 Å². The molecule has 0 aliphatic heterocycles. The third kappa shape index (κ3) is 69.0. The van der Waals surface area contributed by atoms with Gasteiger partial charge in [0, 0.05) is 25.7 Å². The summed E-state index contributed by atoms with van der Waals surface area (Å²) in [5.41, 5.74) is 0. The van der Waals surface area contributed by atoms with Gasteiger partial charge in [0.15, 0.2) is 12.2 Å². The summed E-state index contributed by atoms with van der Waals surface area (Å²) in [6.07, 6.45) is 50.0. The molecule has 564 valence electrons. The molecule has 0 saturated carbocycles. The Hall–Kier alpha value is -1.94. The molecule has 0 radical (unpaired) electrons. The van der Waals surface area contributed by atoms with Gasteiger partial charge >= 0.3 is 39.5 Å². The van der Waals surface area contributed by atoms with Crippen LogP contribution in [-0.4, -0.2) is 96.7 Å².